The number of aromatic nitrogens is 1. The van der Waals surface area contributed by atoms with Crippen molar-refractivity contribution in [2.45, 2.75) is 57.3 Å². The number of hydrogen-bond acceptors (Lipinski definition) is 4. The Kier molecular flexibility index (Phi) is 4.70. The van der Waals surface area contributed by atoms with Crippen LogP contribution in [-0.2, 0) is 16.1 Å². The van der Waals surface area contributed by atoms with E-state index < -0.39 is 0 Å². The Bertz CT molecular complexity index is 480. The highest BCUT2D eigenvalue weighted by molar-refractivity contribution is 5.80. The first kappa shape index (κ1) is 14.3. The molecule has 1 aromatic heterocycles. The number of nitrogens with zero attached hydrogens (tertiary/aromatic N) is 1. The zero-order valence-electron chi connectivity index (χ0n) is 12.2. The summed E-state index contributed by atoms with van der Waals surface area (Å²) in [7, 11) is 0. The molecule has 0 radical (unpaired) electrons. The molecule has 1 saturated heterocycles. The molecule has 1 amide bonds. The van der Waals surface area contributed by atoms with Crippen LogP contribution in [-0.4, -0.2) is 29.7 Å². The van der Waals surface area contributed by atoms with Gasteiger partial charge in [-0.2, -0.15) is 0 Å². The van der Waals surface area contributed by atoms with Crippen LogP contribution in [0.1, 0.15) is 44.1 Å². The van der Waals surface area contributed by atoms with Gasteiger partial charge in [-0.3, -0.25) is 4.79 Å². The zero-order valence-corrected chi connectivity index (χ0v) is 12.2. The Morgan fingerprint density at radius 3 is 2.95 bits per heavy atom. The van der Waals surface area contributed by atoms with Crippen molar-refractivity contribution in [3.05, 3.63) is 23.9 Å². The lowest BCUT2D eigenvalue weighted by atomic mass is 10.2. The summed E-state index contributed by atoms with van der Waals surface area (Å²) in [5.41, 5.74) is 0.927. The number of pyridine rings is 1. The van der Waals surface area contributed by atoms with E-state index in [1.165, 1.54) is 12.8 Å². The van der Waals surface area contributed by atoms with Gasteiger partial charge in [-0.15, -0.1) is 0 Å². The van der Waals surface area contributed by atoms with E-state index >= 15 is 0 Å². The molecule has 2 aliphatic rings. The normalized spacial score (nSPS) is 22.4. The maximum atomic E-state index is 12.0. The molecule has 0 bridgehead atoms. The van der Waals surface area contributed by atoms with Gasteiger partial charge in [0.2, 0.25) is 11.8 Å². The van der Waals surface area contributed by atoms with Gasteiger partial charge in [0.05, 0.1) is 0 Å². The van der Waals surface area contributed by atoms with Crippen molar-refractivity contribution in [2.75, 3.05) is 6.61 Å². The molecule has 21 heavy (non-hydrogen) atoms. The second-order valence-electron chi connectivity index (χ2n) is 5.71. The highest BCUT2D eigenvalue weighted by atomic mass is 16.5. The van der Waals surface area contributed by atoms with Gasteiger partial charge in [-0.25, -0.2) is 4.98 Å². The van der Waals surface area contributed by atoms with E-state index in [0.717, 1.165) is 31.2 Å². The van der Waals surface area contributed by atoms with E-state index in [0.29, 0.717) is 19.0 Å². The number of amides is 1. The number of hydrogen-bond donors (Lipinski definition) is 1. The second kappa shape index (κ2) is 6.89. The van der Waals surface area contributed by atoms with Gasteiger partial charge >= 0.3 is 0 Å². The van der Waals surface area contributed by atoms with Crippen molar-refractivity contribution in [1.82, 2.24) is 10.3 Å². The van der Waals surface area contributed by atoms with E-state index in [1.807, 2.05) is 12.1 Å². The van der Waals surface area contributed by atoms with Gasteiger partial charge in [0, 0.05) is 24.9 Å². The molecule has 3 rings (SSSR count). The molecule has 1 saturated carbocycles. The van der Waals surface area contributed by atoms with Crippen LogP contribution in [0, 0.1) is 0 Å². The number of nitrogens with one attached hydrogen (secondary N) is 1. The summed E-state index contributed by atoms with van der Waals surface area (Å²) in [6.07, 6.45) is 8.12. The minimum atomic E-state index is -0.291. The number of carbonyl (C=O) groups is 1. The summed E-state index contributed by atoms with van der Waals surface area (Å²) in [5.74, 6) is 0.611. The molecule has 2 fully saturated rings. The monoisotopic (exact) mass is 290 g/mol. The van der Waals surface area contributed by atoms with Crippen molar-refractivity contribution in [3.63, 3.8) is 0 Å². The van der Waals surface area contributed by atoms with E-state index in [2.05, 4.69) is 10.3 Å². The number of rotatable bonds is 5. The van der Waals surface area contributed by atoms with Crippen LogP contribution in [0.15, 0.2) is 18.3 Å². The van der Waals surface area contributed by atoms with Crippen molar-refractivity contribution < 1.29 is 14.3 Å². The Balaban J connectivity index is 1.57. The molecule has 0 unspecified atom stereocenters. The molecular weight excluding hydrogens is 268 g/mol. The zero-order chi connectivity index (χ0) is 14.5. The van der Waals surface area contributed by atoms with E-state index in [-0.39, 0.29) is 18.1 Å². The minimum absolute atomic E-state index is 0.0387. The SMILES string of the molecule is O=C(NCc1cccnc1OC1CCCC1)[C@@H]1CCCO1. The van der Waals surface area contributed by atoms with E-state index in [9.17, 15) is 4.79 Å². The highest BCUT2D eigenvalue weighted by Crippen LogP contribution is 2.25. The van der Waals surface area contributed by atoms with Crippen molar-refractivity contribution >= 4 is 5.91 Å². The average molecular weight is 290 g/mol. The van der Waals surface area contributed by atoms with E-state index in [1.54, 1.807) is 6.20 Å². The van der Waals surface area contributed by atoms with Gasteiger partial charge in [0.15, 0.2) is 0 Å². The predicted octanol–water partition coefficient (Wildman–Crippen LogP) is 2.20. The van der Waals surface area contributed by atoms with Crippen LogP contribution in [0.2, 0.25) is 0 Å². The Hall–Kier alpha value is -1.62. The quantitative estimate of drug-likeness (QED) is 0.903. The summed E-state index contributed by atoms with van der Waals surface area (Å²) in [4.78, 5) is 16.3. The molecule has 1 atom stereocenters. The van der Waals surface area contributed by atoms with Crippen LogP contribution in [0.3, 0.4) is 0 Å². The van der Waals surface area contributed by atoms with Crippen LogP contribution < -0.4 is 10.1 Å². The third-order valence-corrected chi connectivity index (χ3v) is 4.11. The molecule has 1 aromatic rings. The van der Waals surface area contributed by atoms with Crippen molar-refractivity contribution in [3.8, 4) is 5.88 Å². The summed E-state index contributed by atoms with van der Waals surface area (Å²) in [5, 5.41) is 2.92. The van der Waals surface area contributed by atoms with Crippen LogP contribution in [0.4, 0.5) is 0 Å². The molecule has 0 aromatic carbocycles. The molecule has 5 heteroatoms. The summed E-state index contributed by atoms with van der Waals surface area (Å²) < 4.78 is 11.4. The maximum Gasteiger partial charge on any atom is 0.249 e. The second-order valence-corrected chi connectivity index (χ2v) is 5.71. The summed E-state index contributed by atoms with van der Waals surface area (Å²) >= 11 is 0. The van der Waals surface area contributed by atoms with Gasteiger partial charge < -0.3 is 14.8 Å². The Morgan fingerprint density at radius 1 is 1.33 bits per heavy atom. The standard InChI is InChI=1S/C16H22N2O3/c19-15(14-8-4-10-20-14)18-11-12-5-3-9-17-16(12)21-13-6-1-2-7-13/h3,5,9,13-14H,1-2,4,6-8,10-11H2,(H,18,19)/t14-/m0/s1. The molecular formula is C16H22N2O3. The van der Waals surface area contributed by atoms with Crippen molar-refractivity contribution in [2.24, 2.45) is 0 Å². The Labute approximate surface area is 125 Å². The van der Waals surface area contributed by atoms with Gasteiger partial charge in [-0.05, 0) is 44.6 Å². The molecule has 2 heterocycles. The van der Waals surface area contributed by atoms with Gasteiger partial charge in [-0.1, -0.05) is 6.07 Å². The lowest BCUT2D eigenvalue weighted by Gasteiger charge is -2.16. The lowest BCUT2D eigenvalue weighted by molar-refractivity contribution is -0.130. The highest BCUT2D eigenvalue weighted by Gasteiger charge is 2.24. The van der Waals surface area contributed by atoms with Gasteiger partial charge in [0.25, 0.3) is 0 Å². The first-order valence-electron chi connectivity index (χ1n) is 7.83. The lowest BCUT2D eigenvalue weighted by Crippen LogP contribution is -2.33. The molecule has 1 aliphatic heterocycles. The molecule has 1 N–H and O–H groups in total. The topological polar surface area (TPSA) is 60.5 Å². The summed E-state index contributed by atoms with van der Waals surface area (Å²) in [6.45, 7) is 1.12. The third kappa shape index (κ3) is 3.73. The molecule has 114 valence electrons. The number of carbonyl (C=O) groups excluding carboxylic acids is 1. The Morgan fingerprint density at radius 2 is 2.19 bits per heavy atom. The fourth-order valence-corrected chi connectivity index (χ4v) is 2.91. The first-order valence-corrected chi connectivity index (χ1v) is 7.83. The van der Waals surface area contributed by atoms with E-state index in [4.69, 9.17) is 9.47 Å². The molecule has 0 spiro atoms. The molecule has 5 nitrogen and oxygen atoms in total. The fraction of sp³-hybridized carbons (Fsp3) is 0.625. The fourth-order valence-electron chi connectivity index (χ4n) is 2.91. The molecule has 1 aliphatic carbocycles. The summed E-state index contributed by atoms with van der Waals surface area (Å²) in [6, 6.07) is 3.82. The largest absolute Gasteiger partial charge is 0.474 e. The average Bonchev–Trinajstić information content (AvgIpc) is 3.19. The van der Waals surface area contributed by atoms with Crippen LogP contribution in [0.5, 0.6) is 5.88 Å². The van der Waals surface area contributed by atoms with Crippen LogP contribution in [0.25, 0.3) is 0 Å². The first-order chi connectivity index (χ1) is 10.3. The maximum absolute atomic E-state index is 12.0. The van der Waals surface area contributed by atoms with Gasteiger partial charge in [0.1, 0.15) is 12.2 Å². The number of ether oxygens (including phenoxy) is 2. The smallest absolute Gasteiger partial charge is 0.249 e. The minimum Gasteiger partial charge on any atom is -0.474 e. The predicted molar refractivity (Wildman–Crippen MR) is 77.9 cm³/mol. The third-order valence-electron chi connectivity index (χ3n) is 4.11. The van der Waals surface area contributed by atoms with Crippen LogP contribution >= 0.6 is 0 Å². The van der Waals surface area contributed by atoms with Crippen molar-refractivity contribution in [1.29, 1.82) is 0 Å².